The van der Waals surface area contributed by atoms with Crippen LogP contribution in [0.2, 0.25) is 0 Å². The van der Waals surface area contributed by atoms with Crippen LogP contribution in [0.15, 0.2) is 36.5 Å². The maximum absolute atomic E-state index is 15.0. The van der Waals surface area contributed by atoms with Crippen LogP contribution >= 0.6 is 0 Å². The molecule has 0 radical (unpaired) electrons. The minimum atomic E-state index is -5.13. The predicted octanol–water partition coefficient (Wildman–Crippen LogP) is 5.13. The average Bonchev–Trinajstić information content (AvgIpc) is 4.08. The van der Waals surface area contributed by atoms with Gasteiger partial charge in [-0.15, -0.1) is 0 Å². The Balaban J connectivity index is 1.43. The van der Waals surface area contributed by atoms with E-state index in [1.54, 1.807) is 30.4 Å². The molecule has 3 fully saturated rings. The molecule has 2 aromatic rings. The van der Waals surface area contributed by atoms with E-state index in [1.165, 1.54) is 27.3 Å². The molecule has 20 heteroatoms. The Morgan fingerprint density at radius 3 is 2.37 bits per heavy atom. The molecule has 60 heavy (non-hydrogen) atoms. The molecule has 7 atom stereocenters. The topological polar surface area (TPSA) is 194 Å². The monoisotopic (exact) mass is 869 g/mol. The first kappa shape index (κ1) is 44.7. The number of nitrogens with one attached hydrogen (secondary N) is 2. The lowest BCUT2D eigenvalue weighted by atomic mass is 9.85. The minimum absolute atomic E-state index is 0.00248. The van der Waals surface area contributed by atoms with E-state index < -0.39 is 99.1 Å². The van der Waals surface area contributed by atoms with Gasteiger partial charge in [-0.25, -0.2) is 22.6 Å². The van der Waals surface area contributed by atoms with Crippen molar-refractivity contribution < 1.29 is 64.5 Å². The number of nitrogens with zero attached hydrogens (tertiary/aromatic N) is 3. The van der Waals surface area contributed by atoms with Crippen LogP contribution in [0.4, 0.5) is 22.4 Å². The molecule has 0 spiro atoms. The van der Waals surface area contributed by atoms with Crippen molar-refractivity contribution in [1.29, 1.82) is 0 Å². The molecule has 1 aromatic carbocycles. The van der Waals surface area contributed by atoms with E-state index in [-0.39, 0.29) is 48.8 Å². The number of rotatable bonds is 10. The fraction of sp³-hybridized carbons (Fsp3) is 0.625. The number of methoxy groups -OCH3 is 2. The third kappa shape index (κ3) is 8.14. The predicted molar refractivity (Wildman–Crippen MR) is 208 cm³/mol. The number of alkyl halides is 4. The summed E-state index contributed by atoms with van der Waals surface area (Å²) in [5.41, 5.74) is -4.92. The maximum atomic E-state index is 15.0. The Morgan fingerprint density at radius 2 is 1.77 bits per heavy atom. The molecule has 330 valence electrons. The molecule has 1 saturated heterocycles. The van der Waals surface area contributed by atoms with Crippen LogP contribution in [-0.2, 0) is 24.4 Å². The van der Waals surface area contributed by atoms with Gasteiger partial charge < -0.3 is 29.5 Å². The number of fused-ring (bicyclic) bond motifs is 3. The second kappa shape index (κ2) is 16.2. The van der Waals surface area contributed by atoms with E-state index in [2.05, 4.69) is 10.3 Å². The smallest absolute Gasteiger partial charge is 0.411 e. The second-order valence-corrected chi connectivity index (χ2v) is 19.1. The van der Waals surface area contributed by atoms with Gasteiger partial charge in [0.2, 0.25) is 27.7 Å². The van der Waals surface area contributed by atoms with Gasteiger partial charge in [0.05, 0.1) is 20.8 Å². The third-order valence-electron chi connectivity index (χ3n) is 12.5. The number of hydrogen-bond acceptors (Lipinski definition) is 10. The maximum Gasteiger partial charge on any atom is 0.411 e. The number of sulfonamides is 1. The zero-order valence-corrected chi connectivity index (χ0v) is 35.0. The van der Waals surface area contributed by atoms with Crippen LogP contribution in [-0.4, -0.2) is 120 Å². The zero-order chi connectivity index (χ0) is 44.2. The van der Waals surface area contributed by atoms with Crippen LogP contribution < -0.4 is 24.2 Å². The Bertz CT molecular complexity index is 2170. The van der Waals surface area contributed by atoms with Gasteiger partial charge in [0.1, 0.15) is 40.7 Å². The van der Waals surface area contributed by atoms with E-state index in [0.717, 1.165) is 4.90 Å². The Hall–Kier alpha value is -4.88. The van der Waals surface area contributed by atoms with Gasteiger partial charge in [-0.2, -0.15) is 13.2 Å². The van der Waals surface area contributed by atoms with Crippen LogP contribution in [0.1, 0.15) is 72.6 Å². The number of carbonyl (C=O) groups excluding carboxylic acids is 3. The standard InChI is InChI=1S/C40H51F4N5O10S/c1-22-9-7-8-10-25-19-39(25,35(52)47-60(55,56)38(21-41)12-13-38)46-32(50)28-17-26(59-33-27-18-30(58-6)29(57-5)16-24(27)11-14-45-33)20-48(28)34(51)31(23(2)15-22)49(36(53)54)37(3,4)40(42,43)44/h8,10-11,14,16,18,22-23,25-26,28,31H,7,9,12-13,15,17,19-21H2,1-6H3,(H,46,50)(H,47,52)(H,53,54)/t22-,23+,25+,26+,28-,31-,39+/m0/s1. The van der Waals surface area contributed by atoms with Crippen LogP contribution in [0.5, 0.6) is 17.4 Å². The van der Waals surface area contributed by atoms with Crippen molar-refractivity contribution in [3.63, 3.8) is 0 Å². The molecule has 3 heterocycles. The molecule has 2 aliphatic heterocycles. The van der Waals surface area contributed by atoms with Gasteiger partial charge >= 0.3 is 12.3 Å². The molecule has 3 N–H and O–H groups in total. The SMILES string of the molecule is COc1cc2ccnc(O[C@@H]3C[C@H]4C(=O)N[C@]5(C(=O)NS(=O)(=O)C6(CF)CC6)C[C@H]5C=CCC[C@H](C)C[C@@H](C)[C@H](N(C(=O)O)C(C)(C)C(F)(F)F)C(=O)N4C3)c2cc1OC. The molecule has 6 rings (SSSR count). The molecule has 4 aliphatic rings. The highest BCUT2D eigenvalue weighted by Crippen LogP contribution is 2.48. The number of pyridine rings is 1. The Morgan fingerprint density at radius 1 is 1.10 bits per heavy atom. The van der Waals surface area contributed by atoms with Gasteiger partial charge in [0.25, 0.3) is 5.91 Å². The molecule has 15 nitrogen and oxygen atoms in total. The molecule has 4 amide bonds. The molecule has 2 saturated carbocycles. The van der Waals surface area contributed by atoms with Crippen LogP contribution in [0, 0.1) is 17.8 Å². The van der Waals surface area contributed by atoms with Gasteiger partial charge in [0, 0.05) is 23.9 Å². The zero-order valence-electron chi connectivity index (χ0n) is 34.2. The fourth-order valence-electron chi connectivity index (χ4n) is 8.46. The van der Waals surface area contributed by atoms with E-state index in [1.807, 2.05) is 11.6 Å². The summed E-state index contributed by atoms with van der Waals surface area (Å²) in [6, 6.07) is 1.46. The fourth-order valence-corrected chi connectivity index (χ4v) is 9.89. The Labute approximate surface area is 345 Å². The molecular weight excluding hydrogens is 819 g/mol. The van der Waals surface area contributed by atoms with Crippen LogP contribution in [0.25, 0.3) is 10.8 Å². The Kier molecular flexibility index (Phi) is 12.1. The highest BCUT2D eigenvalue weighted by molar-refractivity contribution is 7.91. The lowest BCUT2D eigenvalue weighted by Crippen LogP contribution is -2.66. The van der Waals surface area contributed by atoms with Crippen LogP contribution in [0.3, 0.4) is 0 Å². The summed E-state index contributed by atoms with van der Waals surface area (Å²) < 4.78 is 102. The summed E-state index contributed by atoms with van der Waals surface area (Å²) in [6.45, 7) is 3.00. The lowest BCUT2D eigenvalue weighted by molar-refractivity contribution is -0.222. The van der Waals surface area contributed by atoms with Crippen molar-refractivity contribution in [2.24, 2.45) is 17.8 Å². The largest absolute Gasteiger partial charge is 0.493 e. The number of allylic oxidation sites excluding steroid dienone is 1. The molecule has 2 aliphatic carbocycles. The second-order valence-electron chi connectivity index (χ2n) is 17.0. The number of ether oxygens (including phenoxy) is 3. The number of halogens is 4. The number of carbonyl (C=O) groups is 4. The summed E-state index contributed by atoms with van der Waals surface area (Å²) >= 11 is 0. The highest BCUT2D eigenvalue weighted by Gasteiger charge is 2.64. The van der Waals surface area contributed by atoms with Gasteiger partial charge in [-0.05, 0) is 87.8 Å². The number of benzene rings is 1. The van der Waals surface area contributed by atoms with Crippen molar-refractivity contribution in [3.05, 3.63) is 36.5 Å². The first-order valence-electron chi connectivity index (χ1n) is 19.7. The summed E-state index contributed by atoms with van der Waals surface area (Å²) in [5, 5.41) is 14.2. The van der Waals surface area contributed by atoms with Crippen molar-refractivity contribution in [1.82, 2.24) is 24.8 Å². The van der Waals surface area contributed by atoms with Gasteiger partial charge in [-0.1, -0.05) is 26.0 Å². The van der Waals surface area contributed by atoms with E-state index in [9.17, 15) is 45.5 Å². The summed E-state index contributed by atoms with van der Waals surface area (Å²) in [4.78, 5) is 61.9. The number of amides is 4. The quantitative estimate of drug-likeness (QED) is 0.212. The van der Waals surface area contributed by atoms with Crippen molar-refractivity contribution >= 4 is 44.6 Å². The normalized spacial score (nSPS) is 28.3. The van der Waals surface area contributed by atoms with E-state index in [0.29, 0.717) is 49.0 Å². The number of aromatic nitrogens is 1. The minimum Gasteiger partial charge on any atom is -0.493 e. The number of hydrogen-bond donors (Lipinski definition) is 3. The molecule has 1 aromatic heterocycles. The van der Waals surface area contributed by atoms with Gasteiger partial charge in [-0.3, -0.25) is 24.0 Å². The first-order chi connectivity index (χ1) is 28.1. The van der Waals surface area contributed by atoms with Gasteiger partial charge in [0.15, 0.2) is 11.5 Å². The van der Waals surface area contributed by atoms with Crippen molar-refractivity contribution in [3.8, 4) is 17.4 Å². The summed E-state index contributed by atoms with van der Waals surface area (Å²) in [6.07, 6.45) is -2.68. The molecule has 0 bridgehead atoms. The third-order valence-corrected chi connectivity index (χ3v) is 14.6. The summed E-state index contributed by atoms with van der Waals surface area (Å²) in [5.74, 6) is -4.31. The van der Waals surface area contributed by atoms with Crippen molar-refractivity contribution in [2.75, 3.05) is 27.4 Å². The van der Waals surface area contributed by atoms with Crippen molar-refractivity contribution in [2.45, 2.75) is 113 Å². The molecule has 0 unspecified atom stereocenters. The molecular formula is C40H51F4N5O10S. The lowest BCUT2D eigenvalue weighted by Gasteiger charge is -2.45. The highest BCUT2D eigenvalue weighted by atomic mass is 32.2. The first-order valence-corrected chi connectivity index (χ1v) is 21.2. The summed E-state index contributed by atoms with van der Waals surface area (Å²) in [7, 11) is -1.63. The average molecular weight is 870 g/mol. The van der Waals surface area contributed by atoms with E-state index >= 15 is 4.79 Å². The van der Waals surface area contributed by atoms with E-state index in [4.69, 9.17) is 14.2 Å². The number of carboxylic acid groups (broad SMARTS) is 1.